The number of nitrogens with two attached hydrogens (primary N) is 1. The van der Waals surface area contributed by atoms with Crippen LogP contribution in [-0.4, -0.2) is 4.98 Å². The average molecular weight is 378 g/mol. The number of hydrogen-bond acceptors (Lipinski definition) is 2. The van der Waals surface area contributed by atoms with E-state index in [-0.39, 0.29) is 5.56 Å². The first-order valence-corrected chi connectivity index (χ1v) is 6.59. The lowest BCUT2D eigenvalue weighted by Crippen LogP contribution is -2.16. The first kappa shape index (κ1) is 13.6. The monoisotopic (exact) mass is 376 g/mol. The van der Waals surface area contributed by atoms with Gasteiger partial charge in [-0.1, -0.05) is 0 Å². The largest absolute Gasteiger partial charge is 0.319 e. The molecule has 2 nitrogen and oxygen atoms in total. The number of benzene rings is 1. The summed E-state index contributed by atoms with van der Waals surface area (Å²) < 4.78 is 28.1. The molecular weight excluding hydrogens is 370 g/mol. The van der Waals surface area contributed by atoms with E-state index in [2.05, 4.69) is 36.8 Å². The molecule has 2 rings (SSSR count). The lowest BCUT2D eigenvalue weighted by Gasteiger charge is -2.14. The van der Waals surface area contributed by atoms with E-state index < -0.39 is 17.7 Å². The third-order valence-electron chi connectivity index (χ3n) is 2.42. The molecule has 1 atom stereocenters. The summed E-state index contributed by atoms with van der Waals surface area (Å²) in [7, 11) is 0. The third-order valence-corrected chi connectivity index (χ3v) is 3.49. The van der Waals surface area contributed by atoms with Gasteiger partial charge >= 0.3 is 0 Å². The van der Waals surface area contributed by atoms with Crippen molar-refractivity contribution in [2.75, 3.05) is 0 Å². The van der Waals surface area contributed by atoms with Crippen LogP contribution >= 0.6 is 31.9 Å². The molecule has 0 saturated heterocycles. The summed E-state index contributed by atoms with van der Waals surface area (Å²) in [5, 5.41) is 0. The smallest absolute Gasteiger partial charge is 0.128 e. The van der Waals surface area contributed by atoms with Crippen LogP contribution < -0.4 is 5.73 Å². The van der Waals surface area contributed by atoms with E-state index in [1.807, 2.05) is 0 Å². The van der Waals surface area contributed by atoms with E-state index in [1.165, 1.54) is 0 Å². The highest BCUT2D eigenvalue weighted by Crippen LogP contribution is 2.28. The Balaban J connectivity index is 2.47. The van der Waals surface area contributed by atoms with Gasteiger partial charge in [0.05, 0.1) is 11.7 Å². The molecule has 94 valence electrons. The number of hydrogen-bond donors (Lipinski definition) is 1. The summed E-state index contributed by atoms with van der Waals surface area (Å²) >= 11 is 6.56. The second kappa shape index (κ2) is 5.42. The maximum atomic E-state index is 13.6. The highest BCUT2D eigenvalue weighted by atomic mass is 79.9. The minimum atomic E-state index is -0.830. The van der Waals surface area contributed by atoms with Crippen molar-refractivity contribution in [2.24, 2.45) is 5.73 Å². The van der Waals surface area contributed by atoms with Crippen LogP contribution in [-0.2, 0) is 0 Å². The van der Waals surface area contributed by atoms with Crippen molar-refractivity contribution in [2.45, 2.75) is 6.04 Å². The fourth-order valence-corrected chi connectivity index (χ4v) is 2.79. The number of aromatic nitrogens is 1. The topological polar surface area (TPSA) is 38.9 Å². The lowest BCUT2D eigenvalue weighted by molar-refractivity contribution is 0.574. The summed E-state index contributed by atoms with van der Waals surface area (Å²) in [5.74, 6) is -1.09. The molecule has 1 unspecified atom stereocenters. The van der Waals surface area contributed by atoms with E-state index in [0.717, 1.165) is 22.7 Å². The molecule has 0 spiro atoms. The fraction of sp³-hybridized carbons (Fsp3) is 0.0833. The van der Waals surface area contributed by atoms with Gasteiger partial charge in [-0.05, 0) is 56.1 Å². The predicted molar refractivity (Wildman–Crippen MR) is 72.0 cm³/mol. The molecule has 18 heavy (non-hydrogen) atoms. The van der Waals surface area contributed by atoms with Crippen LogP contribution in [0, 0.1) is 11.6 Å². The zero-order valence-electron chi connectivity index (χ0n) is 9.00. The molecule has 0 aliphatic carbocycles. The van der Waals surface area contributed by atoms with Crippen molar-refractivity contribution in [1.29, 1.82) is 0 Å². The molecule has 0 fully saturated rings. The van der Waals surface area contributed by atoms with Gasteiger partial charge in [-0.15, -0.1) is 0 Å². The Morgan fingerprint density at radius 1 is 1.17 bits per heavy atom. The first-order chi connectivity index (χ1) is 8.49. The molecule has 6 heteroatoms. The summed E-state index contributed by atoms with van der Waals surface area (Å²) in [5.41, 5.74) is 6.44. The van der Waals surface area contributed by atoms with Gasteiger partial charge < -0.3 is 5.73 Å². The SMILES string of the molecule is NC(c1cc(F)ccc1F)c1ncc(Br)cc1Br. The van der Waals surface area contributed by atoms with Gasteiger partial charge in [0.15, 0.2) is 0 Å². The quantitative estimate of drug-likeness (QED) is 0.861. The zero-order chi connectivity index (χ0) is 13.3. The molecule has 1 aromatic heterocycles. The number of nitrogens with zero attached hydrogens (tertiary/aromatic N) is 1. The summed E-state index contributed by atoms with van der Waals surface area (Å²) in [6.07, 6.45) is 1.55. The predicted octanol–water partition coefficient (Wildman–Crippen LogP) is 3.93. The van der Waals surface area contributed by atoms with Crippen molar-refractivity contribution >= 4 is 31.9 Å². The minimum absolute atomic E-state index is 0.0746. The third kappa shape index (κ3) is 2.76. The van der Waals surface area contributed by atoms with Crippen molar-refractivity contribution in [3.05, 3.63) is 62.3 Å². The molecule has 1 aromatic carbocycles. The van der Waals surface area contributed by atoms with Gasteiger partial charge in [-0.3, -0.25) is 4.98 Å². The van der Waals surface area contributed by atoms with Gasteiger partial charge in [0, 0.05) is 20.7 Å². The summed E-state index contributed by atoms with van der Waals surface area (Å²) in [6.45, 7) is 0. The van der Waals surface area contributed by atoms with Crippen LogP contribution in [0.3, 0.4) is 0 Å². The minimum Gasteiger partial charge on any atom is -0.319 e. The molecule has 0 aliphatic rings. The molecule has 1 heterocycles. The van der Waals surface area contributed by atoms with Gasteiger partial charge in [0.2, 0.25) is 0 Å². The van der Waals surface area contributed by atoms with E-state index in [9.17, 15) is 8.78 Å². The Labute approximate surface area is 119 Å². The Kier molecular flexibility index (Phi) is 4.09. The van der Waals surface area contributed by atoms with E-state index >= 15 is 0 Å². The molecule has 2 aromatic rings. The van der Waals surface area contributed by atoms with Gasteiger partial charge in [0.25, 0.3) is 0 Å². The van der Waals surface area contributed by atoms with Crippen molar-refractivity contribution < 1.29 is 8.78 Å². The van der Waals surface area contributed by atoms with Crippen LogP contribution in [0.4, 0.5) is 8.78 Å². The Morgan fingerprint density at radius 2 is 1.89 bits per heavy atom. The van der Waals surface area contributed by atoms with Crippen molar-refractivity contribution in [1.82, 2.24) is 4.98 Å². The maximum absolute atomic E-state index is 13.6. The molecule has 2 N–H and O–H groups in total. The lowest BCUT2D eigenvalue weighted by atomic mass is 10.0. The molecular formula is C12H8Br2F2N2. The van der Waals surface area contributed by atoms with Gasteiger partial charge in [0.1, 0.15) is 11.6 Å². The van der Waals surface area contributed by atoms with Crippen LogP contribution in [0.15, 0.2) is 39.4 Å². The van der Waals surface area contributed by atoms with Gasteiger partial charge in [-0.2, -0.15) is 0 Å². The Bertz CT molecular complexity index is 590. The molecule has 0 amide bonds. The molecule has 0 bridgehead atoms. The maximum Gasteiger partial charge on any atom is 0.128 e. The van der Waals surface area contributed by atoms with Crippen molar-refractivity contribution in [3.63, 3.8) is 0 Å². The van der Waals surface area contributed by atoms with Crippen LogP contribution in [0.5, 0.6) is 0 Å². The normalized spacial score (nSPS) is 12.5. The molecule has 0 saturated carbocycles. The standard InChI is InChI=1S/C12H8Br2F2N2/c13-6-3-9(14)12(18-5-6)11(17)8-4-7(15)1-2-10(8)16/h1-5,11H,17H2. The molecule has 0 aliphatic heterocycles. The fourth-order valence-electron chi connectivity index (χ4n) is 1.55. The Hall–Kier alpha value is -0.850. The van der Waals surface area contributed by atoms with Crippen LogP contribution in [0.1, 0.15) is 17.3 Å². The average Bonchev–Trinajstić information content (AvgIpc) is 2.31. The summed E-state index contributed by atoms with van der Waals surface area (Å²) in [6, 6.07) is 4.10. The van der Waals surface area contributed by atoms with E-state index in [1.54, 1.807) is 12.3 Å². The molecule has 0 radical (unpaired) electrons. The second-order valence-electron chi connectivity index (χ2n) is 3.66. The number of pyridine rings is 1. The van der Waals surface area contributed by atoms with E-state index in [4.69, 9.17) is 5.73 Å². The highest BCUT2D eigenvalue weighted by Gasteiger charge is 2.18. The number of halogens is 4. The Morgan fingerprint density at radius 3 is 2.56 bits per heavy atom. The van der Waals surface area contributed by atoms with Gasteiger partial charge in [-0.25, -0.2) is 8.78 Å². The van der Waals surface area contributed by atoms with E-state index in [0.29, 0.717) is 10.2 Å². The second-order valence-corrected chi connectivity index (χ2v) is 5.43. The summed E-state index contributed by atoms with van der Waals surface area (Å²) in [4.78, 5) is 4.12. The van der Waals surface area contributed by atoms with Crippen molar-refractivity contribution in [3.8, 4) is 0 Å². The first-order valence-electron chi connectivity index (χ1n) is 5.00. The van der Waals surface area contributed by atoms with Crippen LogP contribution in [0.2, 0.25) is 0 Å². The number of rotatable bonds is 2. The zero-order valence-corrected chi connectivity index (χ0v) is 12.2. The van der Waals surface area contributed by atoms with Crippen LogP contribution in [0.25, 0.3) is 0 Å². The highest BCUT2D eigenvalue weighted by molar-refractivity contribution is 9.11.